The van der Waals surface area contributed by atoms with E-state index in [1.54, 1.807) is 0 Å². The van der Waals surface area contributed by atoms with Gasteiger partial charge in [-0.15, -0.1) is 0 Å². The lowest BCUT2D eigenvalue weighted by molar-refractivity contribution is 0.174. The first-order chi connectivity index (χ1) is 9.49. The van der Waals surface area contributed by atoms with E-state index in [2.05, 4.69) is 26.1 Å². The first-order valence-electron chi connectivity index (χ1n) is 6.91. The molecular formula is C16H23NO3. The summed E-state index contributed by atoms with van der Waals surface area (Å²) in [6.07, 6.45) is 3.95. The zero-order valence-corrected chi connectivity index (χ0v) is 12.7. The molecule has 0 unspecified atom stereocenters. The fourth-order valence-corrected chi connectivity index (χ4v) is 1.83. The van der Waals surface area contributed by atoms with Gasteiger partial charge in [0.05, 0.1) is 0 Å². The number of benzene rings is 1. The molecule has 1 aromatic rings. The molecule has 0 aliphatic carbocycles. The fraction of sp³-hybridized carbons (Fsp3) is 0.500. The summed E-state index contributed by atoms with van der Waals surface area (Å²) in [6, 6.07) is 3.90. The molecule has 0 aromatic heterocycles. The highest BCUT2D eigenvalue weighted by Gasteiger charge is 2.19. The second-order valence-corrected chi connectivity index (χ2v) is 5.80. The molecule has 0 amide bonds. The van der Waals surface area contributed by atoms with Gasteiger partial charge >= 0.3 is 0 Å². The molecule has 1 aliphatic rings. The van der Waals surface area contributed by atoms with Crippen LogP contribution in [-0.2, 0) is 6.54 Å². The number of hydrogen-bond acceptors (Lipinski definition) is 4. The van der Waals surface area contributed by atoms with Gasteiger partial charge in [0.25, 0.3) is 0 Å². The molecule has 2 rings (SSSR count). The molecule has 0 saturated heterocycles. The van der Waals surface area contributed by atoms with E-state index in [0.29, 0.717) is 6.61 Å². The predicted molar refractivity (Wildman–Crippen MR) is 79.5 cm³/mol. The molecule has 0 saturated carbocycles. The Morgan fingerprint density at radius 3 is 2.60 bits per heavy atom. The van der Waals surface area contributed by atoms with Crippen LogP contribution in [0.25, 0.3) is 0 Å². The topological polar surface area (TPSA) is 39.7 Å². The first kappa shape index (κ1) is 14.7. The number of fused-ring (bicyclic) bond motifs is 1. The van der Waals surface area contributed by atoms with Gasteiger partial charge in [-0.1, -0.05) is 12.2 Å². The molecule has 1 aromatic carbocycles. The Hall–Kier alpha value is -1.68. The van der Waals surface area contributed by atoms with Crippen LogP contribution in [0.2, 0.25) is 0 Å². The summed E-state index contributed by atoms with van der Waals surface area (Å²) in [7, 11) is 0. The quantitative estimate of drug-likeness (QED) is 0.839. The summed E-state index contributed by atoms with van der Waals surface area (Å²) in [4.78, 5) is 0. The van der Waals surface area contributed by atoms with Gasteiger partial charge in [0.2, 0.25) is 6.79 Å². The molecule has 0 fully saturated rings. The van der Waals surface area contributed by atoms with Gasteiger partial charge < -0.3 is 19.5 Å². The second-order valence-electron chi connectivity index (χ2n) is 5.80. The van der Waals surface area contributed by atoms with Gasteiger partial charge in [-0.25, -0.2) is 0 Å². The van der Waals surface area contributed by atoms with Crippen LogP contribution in [0.4, 0.5) is 0 Å². The van der Waals surface area contributed by atoms with E-state index >= 15 is 0 Å². The average Bonchev–Trinajstić information content (AvgIpc) is 2.82. The van der Waals surface area contributed by atoms with E-state index in [1.807, 2.05) is 31.2 Å². The summed E-state index contributed by atoms with van der Waals surface area (Å²) < 4.78 is 16.6. The number of ether oxygens (including phenoxy) is 3. The molecule has 110 valence electrons. The van der Waals surface area contributed by atoms with Gasteiger partial charge in [0, 0.05) is 23.7 Å². The standard InChI is InChI=1S/C16H23NO3/c1-5-6-7-18-13-9-15-14(19-11-20-15)8-12(13)10-17-16(2,3)4/h5-6,8-9,17H,7,10-11H2,1-4H3. The van der Waals surface area contributed by atoms with Crippen molar-refractivity contribution in [1.29, 1.82) is 0 Å². The van der Waals surface area contributed by atoms with Crippen LogP contribution in [-0.4, -0.2) is 18.9 Å². The predicted octanol–water partition coefficient (Wildman–Crippen LogP) is 3.26. The van der Waals surface area contributed by atoms with Crippen molar-refractivity contribution >= 4 is 0 Å². The van der Waals surface area contributed by atoms with E-state index in [4.69, 9.17) is 14.2 Å². The van der Waals surface area contributed by atoms with E-state index in [9.17, 15) is 0 Å². The molecule has 20 heavy (non-hydrogen) atoms. The zero-order chi connectivity index (χ0) is 14.6. The van der Waals surface area contributed by atoms with Gasteiger partial charge in [-0.2, -0.15) is 0 Å². The van der Waals surface area contributed by atoms with Crippen molar-refractivity contribution in [1.82, 2.24) is 5.32 Å². The third kappa shape index (κ3) is 3.90. The molecule has 0 spiro atoms. The highest BCUT2D eigenvalue weighted by atomic mass is 16.7. The van der Waals surface area contributed by atoms with Gasteiger partial charge in [-0.3, -0.25) is 0 Å². The van der Waals surface area contributed by atoms with Crippen LogP contribution in [0.1, 0.15) is 33.3 Å². The molecule has 1 aliphatic heterocycles. The Balaban J connectivity index is 2.17. The summed E-state index contributed by atoms with van der Waals surface area (Å²) >= 11 is 0. The second kappa shape index (κ2) is 6.18. The maximum Gasteiger partial charge on any atom is 0.231 e. The highest BCUT2D eigenvalue weighted by Crippen LogP contribution is 2.38. The average molecular weight is 277 g/mol. The normalized spacial score (nSPS) is 14.0. The minimum Gasteiger partial charge on any atom is -0.489 e. The lowest BCUT2D eigenvalue weighted by Gasteiger charge is -2.21. The van der Waals surface area contributed by atoms with Crippen LogP contribution < -0.4 is 19.5 Å². The molecule has 1 heterocycles. The van der Waals surface area contributed by atoms with Crippen molar-refractivity contribution < 1.29 is 14.2 Å². The van der Waals surface area contributed by atoms with Crippen molar-refractivity contribution in [2.75, 3.05) is 13.4 Å². The van der Waals surface area contributed by atoms with Crippen molar-refractivity contribution in [2.24, 2.45) is 0 Å². The number of rotatable bonds is 5. The van der Waals surface area contributed by atoms with Gasteiger partial charge in [0.15, 0.2) is 11.5 Å². The summed E-state index contributed by atoms with van der Waals surface area (Å²) in [5, 5.41) is 3.47. The van der Waals surface area contributed by atoms with Crippen LogP contribution in [0.5, 0.6) is 17.2 Å². The van der Waals surface area contributed by atoms with Crippen molar-refractivity contribution in [3.05, 3.63) is 29.8 Å². The lowest BCUT2D eigenvalue weighted by Crippen LogP contribution is -2.35. The summed E-state index contributed by atoms with van der Waals surface area (Å²) in [6.45, 7) is 9.95. The lowest BCUT2D eigenvalue weighted by atomic mass is 10.1. The molecule has 0 atom stereocenters. The minimum atomic E-state index is 0.0525. The Kier molecular flexibility index (Phi) is 4.55. The smallest absolute Gasteiger partial charge is 0.231 e. The molecule has 1 N–H and O–H groups in total. The molecule has 0 bridgehead atoms. The van der Waals surface area contributed by atoms with Crippen LogP contribution >= 0.6 is 0 Å². The SMILES string of the molecule is CC=CCOc1cc2c(cc1CNC(C)(C)C)OCO2. The molecular weight excluding hydrogens is 254 g/mol. The van der Waals surface area contributed by atoms with Crippen LogP contribution in [0.3, 0.4) is 0 Å². The van der Waals surface area contributed by atoms with Crippen molar-refractivity contribution in [3.8, 4) is 17.2 Å². The largest absolute Gasteiger partial charge is 0.489 e. The van der Waals surface area contributed by atoms with Crippen LogP contribution in [0, 0.1) is 0 Å². The molecule has 4 nitrogen and oxygen atoms in total. The molecule has 0 radical (unpaired) electrons. The van der Waals surface area contributed by atoms with Crippen molar-refractivity contribution in [3.63, 3.8) is 0 Å². The third-order valence-corrected chi connectivity index (χ3v) is 2.94. The third-order valence-electron chi connectivity index (χ3n) is 2.94. The van der Waals surface area contributed by atoms with E-state index in [0.717, 1.165) is 29.4 Å². The van der Waals surface area contributed by atoms with Gasteiger partial charge in [0.1, 0.15) is 12.4 Å². The monoisotopic (exact) mass is 277 g/mol. The Morgan fingerprint density at radius 2 is 1.95 bits per heavy atom. The number of allylic oxidation sites excluding steroid dienone is 1. The van der Waals surface area contributed by atoms with Crippen LogP contribution in [0.15, 0.2) is 24.3 Å². The summed E-state index contributed by atoms with van der Waals surface area (Å²) in [5.41, 5.74) is 1.13. The number of nitrogens with one attached hydrogen (secondary N) is 1. The Labute approximate surface area is 120 Å². The molecule has 4 heteroatoms. The highest BCUT2D eigenvalue weighted by molar-refractivity contribution is 5.51. The van der Waals surface area contributed by atoms with E-state index in [1.165, 1.54) is 0 Å². The Bertz CT molecular complexity index is 489. The first-order valence-corrected chi connectivity index (χ1v) is 6.91. The maximum absolute atomic E-state index is 5.81. The zero-order valence-electron chi connectivity index (χ0n) is 12.7. The fourth-order valence-electron chi connectivity index (χ4n) is 1.83. The minimum absolute atomic E-state index is 0.0525. The Morgan fingerprint density at radius 1 is 1.25 bits per heavy atom. The summed E-state index contributed by atoms with van der Waals surface area (Å²) in [5.74, 6) is 2.37. The van der Waals surface area contributed by atoms with E-state index < -0.39 is 0 Å². The maximum atomic E-state index is 5.81. The van der Waals surface area contributed by atoms with Crippen molar-refractivity contribution in [2.45, 2.75) is 39.8 Å². The number of hydrogen-bond donors (Lipinski definition) is 1. The van der Waals surface area contributed by atoms with Gasteiger partial charge in [-0.05, 0) is 33.8 Å². The van der Waals surface area contributed by atoms with E-state index in [-0.39, 0.29) is 12.3 Å².